The monoisotopic (exact) mass is 235 g/mol. The summed E-state index contributed by atoms with van der Waals surface area (Å²) in [7, 11) is 3.89. The number of phenols is 1. The molecule has 1 aromatic rings. The normalized spacial score (nSPS) is 18.6. The van der Waals surface area contributed by atoms with Crippen molar-refractivity contribution in [2.45, 2.75) is 25.3 Å². The zero-order valence-corrected chi connectivity index (χ0v) is 10.6. The lowest BCUT2D eigenvalue weighted by Crippen LogP contribution is -2.24. The third-order valence-electron chi connectivity index (χ3n) is 3.61. The fourth-order valence-electron chi connectivity index (χ4n) is 2.69. The van der Waals surface area contributed by atoms with Crippen molar-refractivity contribution >= 4 is 0 Å². The van der Waals surface area contributed by atoms with Gasteiger partial charge in [-0.05, 0) is 43.5 Å². The number of ether oxygens (including phenoxy) is 1. The van der Waals surface area contributed by atoms with E-state index >= 15 is 0 Å². The van der Waals surface area contributed by atoms with Gasteiger partial charge < -0.3 is 9.84 Å². The zero-order valence-electron chi connectivity index (χ0n) is 10.6. The van der Waals surface area contributed by atoms with E-state index in [1.165, 1.54) is 5.56 Å². The Bertz CT molecular complexity index is 378. The van der Waals surface area contributed by atoms with E-state index in [0.29, 0.717) is 11.8 Å². The molecule has 1 aliphatic carbocycles. The average Bonchev–Trinajstić information content (AvgIpc) is 2.74. The molecule has 3 nitrogen and oxygen atoms in total. The van der Waals surface area contributed by atoms with E-state index in [-0.39, 0.29) is 0 Å². The molecular weight excluding hydrogens is 214 g/mol. The minimum absolute atomic E-state index is 0.453. The predicted octanol–water partition coefficient (Wildman–Crippen LogP) is 2.35. The van der Waals surface area contributed by atoms with Gasteiger partial charge in [-0.2, -0.15) is 0 Å². The minimum atomic E-state index is 0.453. The fraction of sp³-hybridized carbons (Fsp3) is 0.571. The predicted molar refractivity (Wildman–Crippen MR) is 68.3 cm³/mol. The molecule has 0 heterocycles. The summed E-state index contributed by atoms with van der Waals surface area (Å²) in [6.07, 6.45) is 3.15. The van der Waals surface area contributed by atoms with Crippen molar-refractivity contribution in [3.63, 3.8) is 0 Å². The van der Waals surface area contributed by atoms with E-state index in [0.717, 1.165) is 38.0 Å². The summed E-state index contributed by atoms with van der Waals surface area (Å²) in [4.78, 5) is 2.37. The molecule has 0 amide bonds. The van der Waals surface area contributed by atoms with E-state index in [4.69, 9.17) is 4.74 Å². The summed E-state index contributed by atoms with van der Waals surface area (Å²) in [5.74, 6) is 0.454. The highest BCUT2D eigenvalue weighted by atomic mass is 16.5. The van der Waals surface area contributed by atoms with E-state index in [9.17, 15) is 5.11 Å². The maximum absolute atomic E-state index is 9.81. The smallest absolute Gasteiger partial charge is 0.119 e. The standard InChI is InChI=1S/C14H21NO2/c1-15(9-4-10-17-2)13-8-7-12-11(13)5-3-6-14(12)16/h3,5-6,13,16H,4,7-10H2,1-2H3. The van der Waals surface area contributed by atoms with Crippen molar-refractivity contribution in [1.82, 2.24) is 4.90 Å². The third kappa shape index (κ3) is 2.61. The first-order chi connectivity index (χ1) is 8.24. The van der Waals surface area contributed by atoms with Crippen LogP contribution in [0.4, 0.5) is 0 Å². The summed E-state index contributed by atoms with van der Waals surface area (Å²) in [5.41, 5.74) is 2.43. The maximum Gasteiger partial charge on any atom is 0.119 e. The molecule has 17 heavy (non-hydrogen) atoms. The molecule has 94 valence electrons. The molecule has 0 aromatic heterocycles. The van der Waals surface area contributed by atoms with Gasteiger partial charge in [0.2, 0.25) is 0 Å². The molecule has 0 spiro atoms. The number of fused-ring (bicyclic) bond motifs is 1. The molecule has 3 heteroatoms. The highest BCUT2D eigenvalue weighted by Crippen LogP contribution is 2.39. The first-order valence-corrected chi connectivity index (χ1v) is 6.24. The van der Waals surface area contributed by atoms with E-state index in [1.54, 1.807) is 13.2 Å². The van der Waals surface area contributed by atoms with Crippen molar-refractivity contribution in [2.24, 2.45) is 0 Å². The second-order valence-corrected chi connectivity index (χ2v) is 4.73. The van der Waals surface area contributed by atoms with Crippen LogP contribution in [0.2, 0.25) is 0 Å². The van der Waals surface area contributed by atoms with Crippen molar-refractivity contribution in [3.8, 4) is 5.75 Å². The topological polar surface area (TPSA) is 32.7 Å². The van der Waals surface area contributed by atoms with Crippen LogP contribution >= 0.6 is 0 Å². The molecule has 0 fully saturated rings. The van der Waals surface area contributed by atoms with Crippen molar-refractivity contribution in [2.75, 3.05) is 27.3 Å². The number of hydrogen-bond acceptors (Lipinski definition) is 3. The highest BCUT2D eigenvalue weighted by Gasteiger charge is 2.27. The Kier molecular flexibility index (Phi) is 4.02. The summed E-state index contributed by atoms with van der Waals surface area (Å²) in [6.45, 7) is 1.84. The van der Waals surface area contributed by atoms with Crippen LogP contribution in [0, 0.1) is 0 Å². The van der Waals surface area contributed by atoms with Crippen LogP contribution in [0.5, 0.6) is 5.75 Å². The van der Waals surface area contributed by atoms with E-state index < -0.39 is 0 Å². The van der Waals surface area contributed by atoms with Crippen LogP contribution in [0.15, 0.2) is 18.2 Å². The Morgan fingerprint density at radius 3 is 3.06 bits per heavy atom. The number of methoxy groups -OCH3 is 1. The maximum atomic E-state index is 9.81. The van der Waals surface area contributed by atoms with Gasteiger partial charge in [-0.1, -0.05) is 12.1 Å². The van der Waals surface area contributed by atoms with Gasteiger partial charge >= 0.3 is 0 Å². The summed E-state index contributed by atoms with van der Waals surface area (Å²) in [6, 6.07) is 6.31. The molecular formula is C14H21NO2. The van der Waals surface area contributed by atoms with Gasteiger partial charge in [0.15, 0.2) is 0 Å². The van der Waals surface area contributed by atoms with Crippen LogP contribution in [0.1, 0.15) is 30.0 Å². The van der Waals surface area contributed by atoms with Crippen LogP contribution in [0.3, 0.4) is 0 Å². The number of aromatic hydroxyl groups is 1. The molecule has 1 N–H and O–H groups in total. The first kappa shape index (κ1) is 12.4. The Morgan fingerprint density at radius 2 is 2.29 bits per heavy atom. The SMILES string of the molecule is COCCCN(C)C1CCc2c(O)cccc21. The molecule has 1 unspecified atom stereocenters. The number of benzene rings is 1. The second-order valence-electron chi connectivity index (χ2n) is 4.73. The lowest BCUT2D eigenvalue weighted by Gasteiger charge is -2.25. The molecule has 0 aliphatic heterocycles. The molecule has 1 atom stereocenters. The molecule has 0 saturated heterocycles. The highest BCUT2D eigenvalue weighted by molar-refractivity contribution is 5.44. The third-order valence-corrected chi connectivity index (χ3v) is 3.61. The second kappa shape index (κ2) is 5.52. The average molecular weight is 235 g/mol. The van der Waals surface area contributed by atoms with Crippen LogP contribution in [-0.4, -0.2) is 37.3 Å². The molecule has 0 radical (unpaired) electrons. The Hall–Kier alpha value is -1.06. The van der Waals surface area contributed by atoms with E-state index in [1.807, 2.05) is 6.07 Å². The van der Waals surface area contributed by atoms with Gasteiger partial charge in [0.25, 0.3) is 0 Å². The quantitative estimate of drug-likeness (QED) is 0.795. The fourth-order valence-corrected chi connectivity index (χ4v) is 2.69. The van der Waals surface area contributed by atoms with Gasteiger partial charge in [0.05, 0.1) is 0 Å². The Labute approximate surface area is 103 Å². The lowest BCUT2D eigenvalue weighted by atomic mass is 10.1. The summed E-state index contributed by atoms with van der Waals surface area (Å²) >= 11 is 0. The van der Waals surface area contributed by atoms with Crippen LogP contribution < -0.4 is 0 Å². The molecule has 0 saturated carbocycles. The molecule has 2 rings (SSSR count). The van der Waals surface area contributed by atoms with Crippen LogP contribution in [-0.2, 0) is 11.2 Å². The Balaban J connectivity index is 2.03. The number of rotatable bonds is 5. The van der Waals surface area contributed by atoms with E-state index in [2.05, 4.69) is 18.0 Å². The largest absolute Gasteiger partial charge is 0.508 e. The molecule has 0 bridgehead atoms. The lowest BCUT2D eigenvalue weighted by molar-refractivity contribution is 0.165. The van der Waals surface area contributed by atoms with Crippen molar-refractivity contribution in [3.05, 3.63) is 29.3 Å². The molecule has 1 aliphatic rings. The van der Waals surface area contributed by atoms with Gasteiger partial charge in [-0.3, -0.25) is 4.90 Å². The van der Waals surface area contributed by atoms with Crippen LogP contribution in [0.25, 0.3) is 0 Å². The summed E-state index contributed by atoms with van der Waals surface area (Å²) < 4.78 is 5.08. The van der Waals surface area contributed by atoms with Gasteiger partial charge in [0, 0.05) is 26.3 Å². The van der Waals surface area contributed by atoms with Crippen molar-refractivity contribution in [1.29, 1.82) is 0 Å². The number of nitrogens with zero attached hydrogens (tertiary/aromatic N) is 1. The van der Waals surface area contributed by atoms with Gasteiger partial charge in [-0.15, -0.1) is 0 Å². The molecule has 1 aromatic carbocycles. The van der Waals surface area contributed by atoms with Gasteiger partial charge in [0.1, 0.15) is 5.75 Å². The minimum Gasteiger partial charge on any atom is -0.508 e. The first-order valence-electron chi connectivity index (χ1n) is 6.24. The number of phenolic OH excluding ortho intramolecular Hbond substituents is 1. The zero-order chi connectivity index (χ0) is 12.3. The van der Waals surface area contributed by atoms with Gasteiger partial charge in [-0.25, -0.2) is 0 Å². The summed E-state index contributed by atoms with van der Waals surface area (Å²) in [5, 5.41) is 9.81. The Morgan fingerprint density at radius 1 is 1.47 bits per heavy atom. The number of hydrogen-bond donors (Lipinski definition) is 1. The van der Waals surface area contributed by atoms with Crippen molar-refractivity contribution < 1.29 is 9.84 Å².